The molecule has 0 aliphatic carbocycles. The van der Waals surface area contributed by atoms with Crippen molar-refractivity contribution in [2.75, 3.05) is 0 Å². The van der Waals surface area contributed by atoms with Gasteiger partial charge < -0.3 is 5.73 Å². The molecule has 0 aliphatic heterocycles. The summed E-state index contributed by atoms with van der Waals surface area (Å²) < 4.78 is 1.82. The molecule has 0 bridgehead atoms. The van der Waals surface area contributed by atoms with E-state index in [0.29, 0.717) is 0 Å². The van der Waals surface area contributed by atoms with Crippen molar-refractivity contribution in [1.29, 1.82) is 0 Å². The molecule has 1 aromatic heterocycles. The van der Waals surface area contributed by atoms with Gasteiger partial charge in [0.2, 0.25) is 0 Å². The van der Waals surface area contributed by atoms with E-state index in [4.69, 9.17) is 5.73 Å². The van der Waals surface area contributed by atoms with Crippen LogP contribution in [-0.4, -0.2) is 20.8 Å². The second-order valence-corrected chi connectivity index (χ2v) is 4.82. The smallest absolute Gasteiger partial charge is 0.138 e. The van der Waals surface area contributed by atoms with Gasteiger partial charge in [-0.25, -0.2) is 4.98 Å². The molecule has 0 saturated heterocycles. The molecule has 0 radical (unpaired) electrons. The topological polar surface area (TPSA) is 56.7 Å². The first-order chi connectivity index (χ1) is 6.41. The van der Waals surface area contributed by atoms with E-state index in [1.165, 1.54) is 0 Å². The monoisotopic (exact) mass is 196 g/mol. The van der Waals surface area contributed by atoms with Crippen LogP contribution >= 0.6 is 0 Å². The molecule has 1 unspecified atom stereocenters. The maximum Gasteiger partial charge on any atom is 0.138 e. The summed E-state index contributed by atoms with van der Waals surface area (Å²) in [6.45, 7) is 6.47. The number of rotatable bonds is 4. The highest BCUT2D eigenvalue weighted by atomic mass is 15.3. The van der Waals surface area contributed by atoms with Crippen LogP contribution in [-0.2, 0) is 13.5 Å². The second kappa shape index (κ2) is 4.09. The Bertz CT molecular complexity index is 288. The molecule has 1 atom stereocenters. The van der Waals surface area contributed by atoms with Gasteiger partial charge in [-0.2, -0.15) is 5.10 Å². The summed E-state index contributed by atoms with van der Waals surface area (Å²) in [6.07, 6.45) is 3.52. The summed E-state index contributed by atoms with van der Waals surface area (Å²) >= 11 is 0. The van der Waals surface area contributed by atoms with Gasteiger partial charge in [-0.15, -0.1) is 0 Å². The van der Waals surface area contributed by atoms with Gasteiger partial charge in [0.1, 0.15) is 12.2 Å². The summed E-state index contributed by atoms with van der Waals surface area (Å²) in [5, 5.41) is 4.05. The van der Waals surface area contributed by atoms with Crippen molar-refractivity contribution in [2.45, 2.75) is 39.7 Å². The molecule has 0 saturated carbocycles. The molecule has 80 valence electrons. The van der Waals surface area contributed by atoms with Gasteiger partial charge in [-0.3, -0.25) is 4.68 Å². The van der Waals surface area contributed by atoms with Crippen LogP contribution in [0.1, 0.15) is 33.0 Å². The fraction of sp³-hybridized carbons (Fsp3) is 0.800. The van der Waals surface area contributed by atoms with Gasteiger partial charge >= 0.3 is 0 Å². The highest BCUT2D eigenvalue weighted by Crippen LogP contribution is 2.25. The molecule has 0 amide bonds. The zero-order valence-corrected chi connectivity index (χ0v) is 9.49. The van der Waals surface area contributed by atoms with Crippen LogP contribution in [0.4, 0.5) is 0 Å². The maximum atomic E-state index is 5.80. The van der Waals surface area contributed by atoms with Gasteiger partial charge in [0, 0.05) is 19.5 Å². The molecule has 1 rings (SSSR count). The highest BCUT2D eigenvalue weighted by Gasteiger charge is 2.22. The van der Waals surface area contributed by atoms with E-state index in [2.05, 4.69) is 23.9 Å². The SMILES string of the molecule is CC(N)CC(C)(C)Cc1ncnn1C. The minimum Gasteiger partial charge on any atom is -0.328 e. The fourth-order valence-electron chi connectivity index (χ4n) is 1.85. The Morgan fingerprint density at radius 2 is 2.21 bits per heavy atom. The predicted octanol–water partition coefficient (Wildman–Crippen LogP) is 1.12. The molecule has 2 N–H and O–H groups in total. The van der Waals surface area contributed by atoms with E-state index in [1.54, 1.807) is 6.33 Å². The lowest BCUT2D eigenvalue weighted by atomic mass is 9.83. The van der Waals surface area contributed by atoms with E-state index >= 15 is 0 Å². The zero-order chi connectivity index (χ0) is 10.8. The third-order valence-electron chi connectivity index (χ3n) is 2.32. The van der Waals surface area contributed by atoms with Crippen molar-refractivity contribution in [1.82, 2.24) is 14.8 Å². The predicted molar refractivity (Wildman–Crippen MR) is 56.8 cm³/mol. The van der Waals surface area contributed by atoms with E-state index in [9.17, 15) is 0 Å². The molecular weight excluding hydrogens is 176 g/mol. The minimum absolute atomic E-state index is 0.189. The van der Waals surface area contributed by atoms with E-state index in [0.717, 1.165) is 18.7 Å². The Kier molecular flexibility index (Phi) is 3.26. The lowest BCUT2D eigenvalue weighted by Crippen LogP contribution is -2.27. The van der Waals surface area contributed by atoms with Crippen molar-refractivity contribution in [3.05, 3.63) is 12.2 Å². The quantitative estimate of drug-likeness (QED) is 0.785. The zero-order valence-electron chi connectivity index (χ0n) is 9.49. The second-order valence-electron chi connectivity index (χ2n) is 4.82. The van der Waals surface area contributed by atoms with E-state index < -0.39 is 0 Å². The molecule has 14 heavy (non-hydrogen) atoms. The van der Waals surface area contributed by atoms with Crippen molar-refractivity contribution in [2.24, 2.45) is 18.2 Å². The number of nitrogens with two attached hydrogens (primary N) is 1. The first-order valence-corrected chi connectivity index (χ1v) is 4.99. The molecule has 0 spiro atoms. The standard InChI is InChI=1S/C10H20N4/c1-8(11)5-10(2,3)6-9-12-7-13-14(9)4/h7-8H,5-6,11H2,1-4H3. The molecule has 4 heteroatoms. The number of hydrogen-bond acceptors (Lipinski definition) is 3. The number of aromatic nitrogens is 3. The first kappa shape index (κ1) is 11.2. The van der Waals surface area contributed by atoms with Crippen LogP contribution in [0, 0.1) is 5.41 Å². The number of aryl methyl sites for hydroxylation is 1. The molecule has 0 aliphatic rings. The Hall–Kier alpha value is -0.900. The van der Waals surface area contributed by atoms with Gasteiger partial charge in [0.25, 0.3) is 0 Å². The van der Waals surface area contributed by atoms with Crippen molar-refractivity contribution < 1.29 is 0 Å². The number of hydrogen-bond donors (Lipinski definition) is 1. The Labute approximate surface area is 85.5 Å². The van der Waals surface area contributed by atoms with Crippen LogP contribution in [0.25, 0.3) is 0 Å². The third-order valence-corrected chi connectivity index (χ3v) is 2.32. The normalized spacial score (nSPS) is 14.4. The van der Waals surface area contributed by atoms with Crippen LogP contribution in [0.3, 0.4) is 0 Å². The molecule has 0 fully saturated rings. The Morgan fingerprint density at radius 3 is 2.64 bits per heavy atom. The van der Waals surface area contributed by atoms with Gasteiger partial charge in [-0.1, -0.05) is 13.8 Å². The van der Waals surface area contributed by atoms with Crippen LogP contribution in [0.5, 0.6) is 0 Å². The average molecular weight is 196 g/mol. The van der Waals surface area contributed by atoms with Crippen molar-refractivity contribution >= 4 is 0 Å². The first-order valence-electron chi connectivity index (χ1n) is 4.99. The van der Waals surface area contributed by atoms with Crippen LogP contribution in [0.15, 0.2) is 6.33 Å². The Balaban J connectivity index is 2.63. The molecular formula is C10H20N4. The largest absolute Gasteiger partial charge is 0.328 e. The fourth-order valence-corrected chi connectivity index (χ4v) is 1.85. The maximum absolute atomic E-state index is 5.80. The summed E-state index contributed by atoms with van der Waals surface area (Å²) in [7, 11) is 1.92. The lowest BCUT2D eigenvalue weighted by molar-refractivity contribution is 0.299. The summed E-state index contributed by atoms with van der Waals surface area (Å²) in [4.78, 5) is 4.22. The summed E-state index contributed by atoms with van der Waals surface area (Å²) in [5.74, 6) is 1.02. The summed E-state index contributed by atoms with van der Waals surface area (Å²) in [5.41, 5.74) is 5.99. The van der Waals surface area contributed by atoms with Crippen molar-refractivity contribution in [3.63, 3.8) is 0 Å². The van der Waals surface area contributed by atoms with Gasteiger partial charge in [0.15, 0.2) is 0 Å². The van der Waals surface area contributed by atoms with Gasteiger partial charge in [0.05, 0.1) is 0 Å². The van der Waals surface area contributed by atoms with Crippen molar-refractivity contribution in [3.8, 4) is 0 Å². The van der Waals surface area contributed by atoms with Crippen LogP contribution in [0.2, 0.25) is 0 Å². The third kappa shape index (κ3) is 3.10. The number of nitrogens with zero attached hydrogens (tertiary/aromatic N) is 3. The average Bonchev–Trinajstić information content (AvgIpc) is 2.32. The summed E-state index contributed by atoms with van der Waals surface area (Å²) in [6, 6.07) is 0.234. The highest BCUT2D eigenvalue weighted by molar-refractivity contribution is 4.90. The molecule has 4 nitrogen and oxygen atoms in total. The van der Waals surface area contributed by atoms with E-state index in [1.807, 2.05) is 18.7 Å². The van der Waals surface area contributed by atoms with Gasteiger partial charge in [-0.05, 0) is 18.8 Å². The molecule has 0 aromatic carbocycles. The lowest BCUT2D eigenvalue weighted by Gasteiger charge is -2.25. The molecule has 1 aromatic rings. The van der Waals surface area contributed by atoms with Crippen LogP contribution < -0.4 is 5.73 Å². The Morgan fingerprint density at radius 1 is 1.57 bits per heavy atom. The van der Waals surface area contributed by atoms with E-state index in [-0.39, 0.29) is 11.5 Å². The molecule has 1 heterocycles. The minimum atomic E-state index is 0.189.